The number of nitrogens with one attached hydrogen (secondary N) is 2. The SMILES string of the molecule is CC(=O)Nc1cc(C[C@@H](COC(C)=O)NC(=O)OC(C)(C)C)c([N+](=O)[O-])cc1OCc1ccccc1. The molecule has 0 aromatic heterocycles. The number of hydrogen-bond acceptors (Lipinski definition) is 8. The molecular weight excluding hydrogens is 470 g/mol. The van der Waals surface area contributed by atoms with E-state index in [2.05, 4.69) is 10.6 Å². The van der Waals surface area contributed by atoms with Crippen molar-refractivity contribution in [1.82, 2.24) is 5.32 Å². The van der Waals surface area contributed by atoms with Crippen LogP contribution in [0.15, 0.2) is 42.5 Å². The van der Waals surface area contributed by atoms with Gasteiger partial charge in [-0.15, -0.1) is 0 Å². The Morgan fingerprint density at radius 3 is 2.31 bits per heavy atom. The summed E-state index contributed by atoms with van der Waals surface area (Å²) in [5.74, 6) is -0.868. The summed E-state index contributed by atoms with van der Waals surface area (Å²) in [5, 5.41) is 17.1. The van der Waals surface area contributed by atoms with Gasteiger partial charge in [0.15, 0.2) is 0 Å². The fraction of sp³-hybridized carbons (Fsp3) is 0.400. The van der Waals surface area contributed by atoms with Crippen molar-refractivity contribution in [1.29, 1.82) is 0 Å². The van der Waals surface area contributed by atoms with Crippen molar-refractivity contribution in [2.75, 3.05) is 11.9 Å². The maximum Gasteiger partial charge on any atom is 0.408 e. The van der Waals surface area contributed by atoms with Crippen LogP contribution in [0, 0.1) is 10.1 Å². The van der Waals surface area contributed by atoms with E-state index in [-0.39, 0.29) is 42.3 Å². The highest BCUT2D eigenvalue weighted by Crippen LogP contribution is 2.34. The molecule has 0 heterocycles. The first-order valence-corrected chi connectivity index (χ1v) is 11.2. The van der Waals surface area contributed by atoms with Gasteiger partial charge in [-0.25, -0.2) is 4.79 Å². The van der Waals surface area contributed by atoms with E-state index in [9.17, 15) is 24.5 Å². The standard InChI is InChI=1S/C25H31N3O8/c1-16(29)26-21-12-19(11-20(15-34-17(2)30)27-24(31)36-25(3,4)5)22(28(32)33)13-23(21)35-14-18-9-7-6-8-10-18/h6-10,12-13,20H,11,14-15H2,1-5H3,(H,26,29)(H,27,31)/t20-/m0/s1. The molecule has 11 nitrogen and oxygen atoms in total. The summed E-state index contributed by atoms with van der Waals surface area (Å²) >= 11 is 0. The van der Waals surface area contributed by atoms with E-state index in [1.807, 2.05) is 30.3 Å². The molecule has 0 aliphatic heterocycles. The Hall–Kier alpha value is -4.15. The predicted molar refractivity (Wildman–Crippen MR) is 132 cm³/mol. The molecule has 36 heavy (non-hydrogen) atoms. The topological polar surface area (TPSA) is 146 Å². The molecule has 2 aromatic carbocycles. The number of ether oxygens (including phenoxy) is 3. The number of amides is 2. The predicted octanol–water partition coefficient (Wildman–Crippen LogP) is 4.13. The summed E-state index contributed by atoms with van der Waals surface area (Å²) in [6, 6.07) is 11.0. The number of esters is 1. The summed E-state index contributed by atoms with van der Waals surface area (Å²) in [7, 11) is 0. The molecule has 0 spiro atoms. The zero-order valence-electron chi connectivity index (χ0n) is 21.0. The number of carbonyl (C=O) groups excluding carboxylic acids is 3. The second-order valence-corrected chi connectivity index (χ2v) is 9.04. The van der Waals surface area contributed by atoms with Crippen LogP contribution in [-0.2, 0) is 32.1 Å². The average molecular weight is 502 g/mol. The molecule has 2 N–H and O–H groups in total. The van der Waals surface area contributed by atoms with Crippen molar-refractivity contribution in [2.24, 2.45) is 0 Å². The third-order valence-corrected chi connectivity index (χ3v) is 4.60. The van der Waals surface area contributed by atoms with Crippen LogP contribution < -0.4 is 15.4 Å². The molecule has 0 saturated heterocycles. The van der Waals surface area contributed by atoms with E-state index in [4.69, 9.17) is 14.2 Å². The van der Waals surface area contributed by atoms with E-state index >= 15 is 0 Å². The van der Waals surface area contributed by atoms with Gasteiger partial charge in [0.05, 0.1) is 22.7 Å². The van der Waals surface area contributed by atoms with Crippen LogP contribution in [0.3, 0.4) is 0 Å². The number of anilines is 1. The van der Waals surface area contributed by atoms with Crippen LogP contribution in [-0.4, -0.2) is 41.1 Å². The van der Waals surface area contributed by atoms with E-state index in [1.54, 1.807) is 20.8 Å². The first-order valence-electron chi connectivity index (χ1n) is 11.2. The molecule has 0 fully saturated rings. The monoisotopic (exact) mass is 501 g/mol. The lowest BCUT2D eigenvalue weighted by atomic mass is 10.0. The Bertz CT molecular complexity index is 1100. The number of nitro benzene ring substituents is 1. The first-order chi connectivity index (χ1) is 16.8. The van der Waals surface area contributed by atoms with Gasteiger partial charge in [-0.1, -0.05) is 30.3 Å². The zero-order chi connectivity index (χ0) is 26.9. The number of nitro groups is 1. The molecule has 1 atom stereocenters. The smallest absolute Gasteiger partial charge is 0.408 e. The summed E-state index contributed by atoms with van der Waals surface area (Å²) in [5.41, 5.74) is 0.178. The Labute approximate surface area is 209 Å². The van der Waals surface area contributed by atoms with Crippen LogP contribution >= 0.6 is 0 Å². The lowest BCUT2D eigenvalue weighted by molar-refractivity contribution is -0.385. The van der Waals surface area contributed by atoms with Gasteiger partial charge in [0.2, 0.25) is 5.91 Å². The van der Waals surface area contributed by atoms with Crippen molar-refractivity contribution in [3.8, 4) is 5.75 Å². The Morgan fingerprint density at radius 1 is 1.08 bits per heavy atom. The van der Waals surface area contributed by atoms with E-state index in [1.165, 1.54) is 26.0 Å². The molecule has 11 heteroatoms. The zero-order valence-corrected chi connectivity index (χ0v) is 21.0. The van der Waals surface area contributed by atoms with Gasteiger partial charge in [0.1, 0.15) is 24.6 Å². The maximum atomic E-state index is 12.3. The van der Waals surface area contributed by atoms with Gasteiger partial charge in [-0.3, -0.25) is 19.7 Å². The van der Waals surface area contributed by atoms with Crippen LogP contribution in [0.2, 0.25) is 0 Å². The average Bonchev–Trinajstić information content (AvgIpc) is 2.75. The minimum Gasteiger partial charge on any atom is -0.486 e. The van der Waals surface area contributed by atoms with Crippen molar-refractivity contribution in [2.45, 2.75) is 59.3 Å². The summed E-state index contributed by atoms with van der Waals surface area (Å²) in [6.07, 6.45) is -0.860. The highest BCUT2D eigenvalue weighted by molar-refractivity contribution is 5.91. The lowest BCUT2D eigenvalue weighted by Gasteiger charge is -2.24. The molecule has 2 aromatic rings. The normalized spacial score (nSPS) is 11.7. The number of benzene rings is 2. The van der Waals surface area contributed by atoms with Gasteiger partial charge >= 0.3 is 12.1 Å². The Morgan fingerprint density at radius 2 is 1.75 bits per heavy atom. The van der Waals surface area contributed by atoms with Gasteiger partial charge in [0.25, 0.3) is 5.69 Å². The fourth-order valence-electron chi connectivity index (χ4n) is 3.20. The summed E-state index contributed by atoms with van der Waals surface area (Å²) < 4.78 is 16.1. The lowest BCUT2D eigenvalue weighted by Crippen LogP contribution is -2.43. The first kappa shape index (κ1) is 28.1. The van der Waals surface area contributed by atoms with Crippen molar-refractivity contribution >= 4 is 29.3 Å². The minimum absolute atomic E-state index is 0.0889. The quantitative estimate of drug-likeness (QED) is 0.281. The summed E-state index contributed by atoms with van der Waals surface area (Å²) in [4.78, 5) is 46.8. The summed E-state index contributed by atoms with van der Waals surface area (Å²) in [6.45, 7) is 7.45. The van der Waals surface area contributed by atoms with Crippen molar-refractivity contribution in [3.63, 3.8) is 0 Å². The second-order valence-electron chi connectivity index (χ2n) is 9.04. The van der Waals surface area contributed by atoms with E-state index in [0.717, 1.165) is 5.56 Å². The Balaban J connectivity index is 2.39. The number of nitrogens with zero attached hydrogens (tertiary/aromatic N) is 1. The van der Waals surface area contributed by atoms with Crippen LogP contribution in [0.4, 0.5) is 16.2 Å². The number of carbonyl (C=O) groups is 3. The molecule has 0 radical (unpaired) electrons. The van der Waals surface area contributed by atoms with Gasteiger partial charge in [-0.05, 0) is 32.4 Å². The highest BCUT2D eigenvalue weighted by atomic mass is 16.6. The van der Waals surface area contributed by atoms with Gasteiger partial charge in [-0.2, -0.15) is 0 Å². The van der Waals surface area contributed by atoms with E-state index < -0.39 is 34.5 Å². The molecule has 0 unspecified atom stereocenters. The van der Waals surface area contributed by atoms with Crippen LogP contribution in [0.5, 0.6) is 5.75 Å². The number of hydrogen-bond donors (Lipinski definition) is 2. The molecule has 194 valence electrons. The molecule has 0 saturated carbocycles. The largest absolute Gasteiger partial charge is 0.486 e. The molecule has 0 bridgehead atoms. The molecule has 2 rings (SSSR count). The molecule has 2 amide bonds. The third-order valence-electron chi connectivity index (χ3n) is 4.60. The number of rotatable bonds is 10. The maximum absolute atomic E-state index is 12.3. The van der Waals surface area contributed by atoms with Crippen molar-refractivity contribution in [3.05, 3.63) is 63.7 Å². The van der Waals surface area contributed by atoms with Crippen LogP contribution in [0.1, 0.15) is 45.7 Å². The second kappa shape index (κ2) is 12.5. The third kappa shape index (κ3) is 9.61. The van der Waals surface area contributed by atoms with E-state index in [0.29, 0.717) is 0 Å². The molecular formula is C25H31N3O8. The Kier molecular flexibility index (Phi) is 9.77. The molecule has 0 aliphatic carbocycles. The van der Waals surface area contributed by atoms with Gasteiger partial charge in [0, 0.05) is 25.8 Å². The number of alkyl carbamates (subject to hydrolysis) is 1. The molecule has 0 aliphatic rings. The van der Waals surface area contributed by atoms with Crippen molar-refractivity contribution < 1.29 is 33.5 Å². The minimum atomic E-state index is -0.844. The fourth-order valence-corrected chi connectivity index (χ4v) is 3.20. The van der Waals surface area contributed by atoms with Gasteiger partial charge < -0.3 is 24.8 Å². The van der Waals surface area contributed by atoms with Crippen LogP contribution in [0.25, 0.3) is 0 Å². The highest BCUT2D eigenvalue weighted by Gasteiger charge is 2.26.